The number of aryl methyl sites for hydroxylation is 1. The summed E-state index contributed by atoms with van der Waals surface area (Å²) in [5, 5.41) is 0. The number of hydrogen-bond donors (Lipinski definition) is 2. The van der Waals surface area contributed by atoms with Crippen molar-refractivity contribution in [2.24, 2.45) is 5.84 Å². The van der Waals surface area contributed by atoms with Crippen LogP contribution >= 0.6 is 0 Å². The van der Waals surface area contributed by atoms with Crippen molar-refractivity contribution in [3.05, 3.63) is 11.4 Å². The molecule has 6 heteroatoms. The predicted molar refractivity (Wildman–Crippen MR) is 89.6 cm³/mol. The Morgan fingerprint density at radius 2 is 1.86 bits per heavy atom. The molecule has 0 saturated carbocycles. The topological polar surface area (TPSA) is 70.3 Å². The largest absolute Gasteiger partial charge is 0.356 e. The summed E-state index contributed by atoms with van der Waals surface area (Å²) in [6.45, 7) is 9.31. The number of nitrogens with one attached hydrogen (secondary N) is 1. The Balaban J connectivity index is 2.97. The average Bonchev–Trinajstić information content (AvgIpc) is 2.45. The molecule has 1 aromatic heterocycles. The molecule has 0 spiro atoms. The summed E-state index contributed by atoms with van der Waals surface area (Å²) >= 11 is 0. The number of hydrazine groups is 1. The lowest BCUT2D eigenvalue weighted by molar-refractivity contribution is 0.400. The standard InChI is InChI=1S/C15H30N6/c1-6-9-13-17-14(19-16)12(3)15(18-13)21(7-2)11-8-10-20(4)5/h6-11,16H2,1-5H3,(H,17,18,19). The number of nitrogen functional groups attached to an aromatic ring is 1. The molecule has 0 bridgehead atoms. The molecule has 0 saturated heterocycles. The third-order valence-electron chi connectivity index (χ3n) is 3.49. The van der Waals surface area contributed by atoms with Gasteiger partial charge in [-0.05, 0) is 47.3 Å². The van der Waals surface area contributed by atoms with Gasteiger partial charge in [0.15, 0.2) is 0 Å². The van der Waals surface area contributed by atoms with E-state index >= 15 is 0 Å². The minimum Gasteiger partial charge on any atom is -0.356 e. The molecule has 0 amide bonds. The van der Waals surface area contributed by atoms with Gasteiger partial charge in [0.2, 0.25) is 0 Å². The van der Waals surface area contributed by atoms with Gasteiger partial charge in [-0.15, -0.1) is 0 Å². The second-order valence-corrected chi connectivity index (χ2v) is 5.57. The van der Waals surface area contributed by atoms with Crippen molar-refractivity contribution in [1.82, 2.24) is 14.9 Å². The molecule has 1 heterocycles. The summed E-state index contributed by atoms with van der Waals surface area (Å²) in [4.78, 5) is 13.7. The SMILES string of the molecule is CCCc1nc(NN)c(C)c(N(CC)CCCN(C)C)n1. The molecule has 1 rings (SSSR count). The van der Waals surface area contributed by atoms with Crippen molar-refractivity contribution < 1.29 is 0 Å². The van der Waals surface area contributed by atoms with E-state index in [0.717, 1.165) is 61.9 Å². The Bertz CT molecular complexity index is 432. The number of anilines is 2. The normalized spacial score (nSPS) is 11.0. The van der Waals surface area contributed by atoms with Crippen LogP contribution in [0.5, 0.6) is 0 Å². The van der Waals surface area contributed by atoms with E-state index in [4.69, 9.17) is 10.8 Å². The second-order valence-electron chi connectivity index (χ2n) is 5.57. The fourth-order valence-corrected chi connectivity index (χ4v) is 2.33. The van der Waals surface area contributed by atoms with Gasteiger partial charge >= 0.3 is 0 Å². The highest BCUT2D eigenvalue weighted by Crippen LogP contribution is 2.23. The molecule has 0 atom stereocenters. The lowest BCUT2D eigenvalue weighted by Gasteiger charge is -2.25. The molecule has 120 valence electrons. The average molecular weight is 294 g/mol. The first kappa shape index (κ1) is 17.7. The maximum Gasteiger partial charge on any atom is 0.148 e. The van der Waals surface area contributed by atoms with E-state index in [1.54, 1.807) is 0 Å². The second kappa shape index (κ2) is 8.79. The highest BCUT2D eigenvalue weighted by molar-refractivity contribution is 5.58. The van der Waals surface area contributed by atoms with Crippen molar-refractivity contribution >= 4 is 11.6 Å². The molecule has 3 N–H and O–H groups in total. The zero-order valence-corrected chi connectivity index (χ0v) is 14.1. The van der Waals surface area contributed by atoms with E-state index in [2.05, 4.69) is 48.2 Å². The highest BCUT2D eigenvalue weighted by atomic mass is 15.3. The van der Waals surface area contributed by atoms with E-state index in [9.17, 15) is 0 Å². The third-order valence-corrected chi connectivity index (χ3v) is 3.49. The summed E-state index contributed by atoms with van der Waals surface area (Å²) in [6, 6.07) is 0. The van der Waals surface area contributed by atoms with Gasteiger partial charge in [-0.1, -0.05) is 6.92 Å². The summed E-state index contributed by atoms with van der Waals surface area (Å²) in [7, 11) is 4.20. The predicted octanol–water partition coefficient (Wildman–Crippen LogP) is 1.80. The van der Waals surface area contributed by atoms with E-state index < -0.39 is 0 Å². The lowest BCUT2D eigenvalue weighted by Crippen LogP contribution is -2.29. The number of nitrogens with zero attached hydrogens (tertiary/aromatic N) is 4. The van der Waals surface area contributed by atoms with Crippen LogP contribution in [0.15, 0.2) is 0 Å². The van der Waals surface area contributed by atoms with E-state index in [0.29, 0.717) is 0 Å². The van der Waals surface area contributed by atoms with Crippen LogP contribution < -0.4 is 16.2 Å². The minimum absolute atomic E-state index is 0.731. The van der Waals surface area contributed by atoms with Crippen LogP contribution in [0, 0.1) is 6.92 Å². The number of hydrogen-bond acceptors (Lipinski definition) is 6. The Kier molecular flexibility index (Phi) is 7.39. The molecular weight excluding hydrogens is 264 g/mol. The molecule has 0 unspecified atom stereocenters. The Morgan fingerprint density at radius 1 is 1.14 bits per heavy atom. The van der Waals surface area contributed by atoms with Gasteiger partial charge in [0.05, 0.1) is 0 Å². The first-order chi connectivity index (χ1) is 10.0. The Morgan fingerprint density at radius 3 is 2.38 bits per heavy atom. The third kappa shape index (κ3) is 5.13. The minimum atomic E-state index is 0.731. The van der Waals surface area contributed by atoms with Gasteiger partial charge in [0.25, 0.3) is 0 Å². The van der Waals surface area contributed by atoms with Crippen LogP contribution in [0.2, 0.25) is 0 Å². The van der Waals surface area contributed by atoms with Gasteiger partial charge in [0.1, 0.15) is 17.5 Å². The van der Waals surface area contributed by atoms with Crippen LogP contribution in [0.3, 0.4) is 0 Å². The molecule has 6 nitrogen and oxygen atoms in total. The van der Waals surface area contributed by atoms with Crippen molar-refractivity contribution in [2.45, 2.75) is 40.0 Å². The van der Waals surface area contributed by atoms with E-state index in [1.807, 2.05) is 6.92 Å². The lowest BCUT2D eigenvalue weighted by atomic mass is 10.2. The molecule has 0 aromatic carbocycles. The van der Waals surface area contributed by atoms with Crippen molar-refractivity contribution in [2.75, 3.05) is 44.1 Å². The van der Waals surface area contributed by atoms with Crippen molar-refractivity contribution in [1.29, 1.82) is 0 Å². The van der Waals surface area contributed by atoms with Crippen LogP contribution in [-0.2, 0) is 6.42 Å². The molecule has 1 aromatic rings. The van der Waals surface area contributed by atoms with Gasteiger partial charge in [-0.25, -0.2) is 15.8 Å². The van der Waals surface area contributed by atoms with E-state index in [1.165, 1.54) is 0 Å². The fraction of sp³-hybridized carbons (Fsp3) is 0.733. The van der Waals surface area contributed by atoms with Gasteiger partial charge in [0, 0.05) is 25.1 Å². The Labute approximate surface area is 128 Å². The molecule has 21 heavy (non-hydrogen) atoms. The molecule has 0 fully saturated rings. The maximum absolute atomic E-state index is 5.60. The summed E-state index contributed by atoms with van der Waals surface area (Å²) in [5.41, 5.74) is 3.72. The quantitative estimate of drug-likeness (QED) is 0.534. The summed E-state index contributed by atoms with van der Waals surface area (Å²) in [6.07, 6.45) is 3.01. The fourth-order valence-electron chi connectivity index (χ4n) is 2.33. The van der Waals surface area contributed by atoms with Gasteiger partial charge < -0.3 is 15.2 Å². The van der Waals surface area contributed by atoms with E-state index in [-0.39, 0.29) is 0 Å². The van der Waals surface area contributed by atoms with Crippen LogP contribution in [-0.4, -0.2) is 48.6 Å². The van der Waals surface area contributed by atoms with Crippen molar-refractivity contribution in [3.63, 3.8) is 0 Å². The number of nitrogens with two attached hydrogens (primary N) is 1. The summed E-state index contributed by atoms with van der Waals surface area (Å²) < 4.78 is 0. The zero-order chi connectivity index (χ0) is 15.8. The zero-order valence-electron chi connectivity index (χ0n) is 14.1. The molecule has 0 radical (unpaired) electrons. The van der Waals surface area contributed by atoms with Crippen LogP contribution in [0.25, 0.3) is 0 Å². The van der Waals surface area contributed by atoms with Crippen molar-refractivity contribution in [3.8, 4) is 0 Å². The smallest absolute Gasteiger partial charge is 0.148 e. The van der Waals surface area contributed by atoms with Gasteiger partial charge in [-0.3, -0.25) is 0 Å². The number of aromatic nitrogens is 2. The van der Waals surface area contributed by atoms with Crippen LogP contribution in [0.1, 0.15) is 38.1 Å². The first-order valence-electron chi connectivity index (χ1n) is 7.77. The first-order valence-corrected chi connectivity index (χ1v) is 7.77. The molecule has 0 aliphatic heterocycles. The highest BCUT2D eigenvalue weighted by Gasteiger charge is 2.15. The monoisotopic (exact) mass is 294 g/mol. The molecule has 0 aliphatic rings. The summed E-state index contributed by atoms with van der Waals surface area (Å²) in [5.74, 6) is 8.19. The maximum atomic E-state index is 5.60. The molecule has 0 aliphatic carbocycles. The van der Waals surface area contributed by atoms with Gasteiger partial charge in [-0.2, -0.15) is 0 Å². The number of rotatable bonds is 9. The molecular formula is C15H30N6. The van der Waals surface area contributed by atoms with Crippen LogP contribution in [0.4, 0.5) is 11.6 Å². The Hall–Kier alpha value is -1.40.